The number of fused-ring (bicyclic) bond motifs is 1. The van der Waals surface area contributed by atoms with Crippen molar-refractivity contribution in [3.63, 3.8) is 0 Å². The fraction of sp³-hybridized carbons (Fsp3) is 0.318. The average Bonchev–Trinajstić information content (AvgIpc) is 2.70. The fourth-order valence-corrected chi connectivity index (χ4v) is 3.26. The predicted molar refractivity (Wildman–Crippen MR) is 109 cm³/mol. The quantitative estimate of drug-likeness (QED) is 0.662. The van der Waals surface area contributed by atoms with Gasteiger partial charge in [-0.05, 0) is 49.6 Å². The van der Waals surface area contributed by atoms with E-state index in [-0.39, 0.29) is 29.7 Å². The Balaban J connectivity index is 1.57. The number of aryl methyl sites for hydroxylation is 2. The first-order valence-electron chi connectivity index (χ1n) is 9.48. The number of hydrogen-bond acceptors (Lipinski definition) is 4. The first-order chi connectivity index (χ1) is 13.9. The third kappa shape index (κ3) is 4.62. The Morgan fingerprint density at radius 1 is 1.31 bits per heavy atom. The highest BCUT2D eigenvalue weighted by atomic mass is 19.1. The zero-order valence-electron chi connectivity index (χ0n) is 16.7. The molecule has 3 aromatic rings. The van der Waals surface area contributed by atoms with E-state index in [1.807, 2.05) is 19.1 Å². The van der Waals surface area contributed by atoms with Crippen LogP contribution >= 0.6 is 0 Å². The standard InChI is InChI=1S/C22H24FN3O3/c1-14-6-4-7-17-21(14)24-13-26(22(17)28)11-5-8-20(27)25-15(2)16-9-10-19(29-3)18(23)12-16/h4,6-7,9-10,12-13,15H,5,8,11H2,1-3H3,(H,25,27)/t15-/m1/s1. The first kappa shape index (κ1) is 20.5. The van der Waals surface area contributed by atoms with E-state index in [0.717, 1.165) is 5.56 Å². The predicted octanol–water partition coefficient (Wildman–Crippen LogP) is 3.51. The largest absolute Gasteiger partial charge is 0.494 e. The summed E-state index contributed by atoms with van der Waals surface area (Å²) in [4.78, 5) is 29.2. The summed E-state index contributed by atoms with van der Waals surface area (Å²) in [6.07, 6.45) is 2.27. The Hall–Kier alpha value is -3.22. The molecule has 152 valence electrons. The van der Waals surface area contributed by atoms with Crippen molar-refractivity contribution in [2.24, 2.45) is 0 Å². The zero-order chi connectivity index (χ0) is 21.0. The number of benzene rings is 2. The van der Waals surface area contributed by atoms with E-state index in [1.165, 1.54) is 30.1 Å². The molecule has 0 aliphatic carbocycles. The highest BCUT2D eigenvalue weighted by Crippen LogP contribution is 2.21. The van der Waals surface area contributed by atoms with E-state index in [2.05, 4.69) is 10.3 Å². The van der Waals surface area contributed by atoms with Crippen LogP contribution in [-0.4, -0.2) is 22.6 Å². The smallest absolute Gasteiger partial charge is 0.261 e. The lowest BCUT2D eigenvalue weighted by Gasteiger charge is -2.15. The molecule has 7 heteroatoms. The third-order valence-corrected chi connectivity index (χ3v) is 4.91. The van der Waals surface area contributed by atoms with E-state index in [1.54, 1.807) is 19.1 Å². The van der Waals surface area contributed by atoms with Gasteiger partial charge in [-0.15, -0.1) is 0 Å². The summed E-state index contributed by atoms with van der Waals surface area (Å²) in [6.45, 7) is 4.10. The minimum atomic E-state index is -0.468. The van der Waals surface area contributed by atoms with Gasteiger partial charge < -0.3 is 10.1 Å². The Morgan fingerprint density at radius 2 is 2.10 bits per heavy atom. The molecular formula is C22H24FN3O3. The number of hydrogen-bond donors (Lipinski definition) is 1. The molecule has 0 aliphatic rings. The van der Waals surface area contributed by atoms with Crippen LogP contribution in [0.3, 0.4) is 0 Å². The molecule has 0 spiro atoms. The van der Waals surface area contributed by atoms with Crippen LogP contribution in [0.25, 0.3) is 10.9 Å². The molecule has 0 fully saturated rings. The number of nitrogens with zero attached hydrogens (tertiary/aromatic N) is 2. The molecule has 0 saturated heterocycles. The molecular weight excluding hydrogens is 373 g/mol. The lowest BCUT2D eigenvalue weighted by molar-refractivity contribution is -0.121. The maximum atomic E-state index is 13.8. The van der Waals surface area contributed by atoms with Crippen LogP contribution in [0.1, 0.15) is 36.9 Å². The van der Waals surface area contributed by atoms with Crippen LogP contribution in [0.5, 0.6) is 5.75 Å². The third-order valence-electron chi connectivity index (χ3n) is 4.91. The maximum Gasteiger partial charge on any atom is 0.261 e. The number of carbonyl (C=O) groups is 1. The summed E-state index contributed by atoms with van der Waals surface area (Å²) < 4.78 is 20.3. The zero-order valence-corrected chi connectivity index (χ0v) is 16.7. The number of methoxy groups -OCH3 is 1. The topological polar surface area (TPSA) is 73.2 Å². The Kier molecular flexibility index (Phi) is 6.26. The molecule has 2 aromatic carbocycles. The number of rotatable bonds is 7. The second-order valence-corrected chi connectivity index (χ2v) is 7.00. The fourth-order valence-electron chi connectivity index (χ4n) is 3.26. The number of aromatic nitrogens is 2. The number of carbonyl (C=O) groups excluding carboxylic acids is 1. The summed E-state index contributed by atoms with van der Waals surface area (Å²) in [7, 11) is 1.40. The van der Waals surface area contributed by atoms with Gasteiger partial charge in [0.1, 0.15) is 0 Å². The van der Waals surface area contributed by atoms with Crippen molar-refractivity contribution in [1.29, 1.82) is 0 Å². The van der Waals surface area contributed by atoms with Gasteiger partial charge in [-0.2, -0.15) is 0 Å². The normalized spacial score (nSPS) is 12.0. The molecule has 1 N–H and O–H groups in total. The average molecular weight is 397 g/mol. The minimum absolute atomic E-state index is 0.110. The number of amides is 1. The van der Waals surface area contributed by atoms with Crippen molar-refractivity contribution < 1.29 is 13.9 Å². The van der Waals surface area contributed by atoms with Gasteiger partial charge in [0.25, 0.3) is 5.56 Å². The molecule has 0 aliphatic heterocycles. The highest BCUT2D eigenvalue weighted by molar-refractivity contribution is 5.80. The van der Waals surface area contributed by atoms with E-state index < -0.39 is 5.82 Å². The van der Waals surface area contributed by atoms with Gasteiger partial charge in [0, 0.05) is 13.0 Å². The van der Waals surface area contributed by atoms with E-state index in [9.17, 15) is 14.0 Å². The molecule has 6 nitrogen and oxygen atoms in total. The van der Waals surface area contributed by atoms with Crippen LogP contribution in [-0.2, 0) is 11.3 Å². The van der Waals surface area contributed by atoms with Gasteiger partial charge in [0.05, 0.1) is 30.4 Å². The van der Waals surface area contributed by atoms with Gasteiger partial charge in [-0.1, -0.05) is 18.2 Å². The number of halogens is 1. The molecule has 0 unspecified atom stereocenters. The Labute approximate surface area is 168 Å². The van der Waals surface area contributed by atoms with Gasteiger partial charge in [-0.3, -0.25) is 14.2 Å². The van der Waals surface area contributed by atoms with Gasteiger partial charge >= 0.3 is 0 Å². The maximum absolute atomic E-state index is 13.8. The monoisotopic (exact) mass is 397 g/mol. The van der Waals surface area contributed by atoms with Crippen molar-refractivity contribution in [1.82, 2.24) is 14.9 Å². The minimum Gasteiger partial charge on any atom is -0.494 e. The molecule has 0 radical (unpaired) electrons. The second-order valence-electron chi connectivity index (χ2n) is 7.00. The molecule has 1 atom stereocenters. The molecule has 29 heavy (non-hydrogen) atoms. The van der Waals surface area contributed by atoms with Crippen LogP contribution < -0.4 is 15.6 Å². The highest BCUT2D eigenvalue weighted by Gasteiger charge is 2.13. The summed E-state index contributed by atoms with van der Waals surface area (Å²) >= 11 is 0. The van der Waals surface area contributed by atoms with E-state index in [4.69, 9.17) is 4.74 Å². The van der Waals surface area contributed by atoms with Gasteiger partial charge in [0.2, 0.25) is 5.91 Å². The van der Waals surface area contributed by atoms with Crippen molar-refractivity contribution in [3.05, 3.63) is 70.0 Å². The van der Waals surface area contributed by atoms with Crippen LogP contribution in [0.2, 0.25) is 0 Å². The van der Waals surface area contributed by atoms with E-state index in [0.29, 0.717) is 29.4 Å². The molecule has 0 saturated carbocycles. The molecule has 1 heterocycles. The number of ether oxygens (including phenoxy) is 1. The first-order valence-corrected chi connectivity index (χ1v) is 9.48. The molecule has 1 aromatic heterocycles. The van der Waals surface area contributed by atoms with Crippen molar-refractivity contribution in [3.8, 4) is 5.75 Å². The van der Waals surface area contributed by atoms with Crippen LogP contribution in [0.15, 0.2) is 47.5 Å². The van der Waals surface area contributed by atoms with Crippen LogP contribution in [0.4, 0.5) is 4.39 Å². The molecule has 3 rings (SSSR count). The van der Waals surface area contributed by atoms with Gasteiger partial charge in [-0.25, -0.2) is 9.37 Å². The Morgan fingerprint density at radius 3 is 2.83 bits per heavy atom. The number of nitrogens with one attached hydrogen (secondary N) is 1. The van der Waals surface area contributed by atoms with Crippen LogP contribution in [0, 0.1) is 12.7 Å². The molecule has 0 bridgehead atoms. The molecule has 1 amide bonds. The second kappa shape index (κ2) is 8.86. The summed E-state index contributed by atoms with van der Waals surface area (Å²) in [5.74, 6) is -0.465. The van der Waals surface area contributed by atoms with Crippen molar-refractivity contribution >= 4 is 16.8 Å². The number of para-hydroxylation sites is 1. The summed E-state index contributed by atoms with van der Waals surface area (Å²) in [5, 5.41) is 3.43. The Bertz CT molecular complexity index is 1090. The van der Waals surface area contributed by atoms with Gasteiger partial charge in [0.15, 0.2) is 11.6 Å². The summed E-state index contributed by atoms with van der Waals surface area (Å²) in [5.41, 5.74) is 2.20. The van der Waals surface area contributed by atoms with E-state index >= 15 is 0 Å². The lowest BCUT2D eigenvalue weighted by Crippen LogP contribution is -2.27. The lowest BCUT2D eigenvalue weighted by atomic mass is 10.1. The summed E-state index contributed by atoms with van der Waals surface area (Å²) in [6, 6.07) is 9.78. The van der Waals surface area contributed by atoms with Crippen molar-refractivity contribution in [2.75, 3.05) is 7.11 Å². The van der Waals surface area contributed by atoms with Crippen molar-refractivity contribution in [2.45, 2.75) is 39.3 Å². The SMILES string of the molecule is COc1ccc([C@@H](C)NC(=O)CCCn2cnc3c(C)cccc3c2=O)cc1F.